The molecule has 0 radical (unpaired) electrons. The lowest BCUT2D eigenvalue weighted by Crippen LogP contribution is -2.52. The Balaban J connectivity index is 0.000000272. The molecule has 1 heterocycles. The number of carbonyl (C=O) groups is 9. The lowest BCUT2D eigenvalue weighted by Gasteiger charge is -2.33. The molecular weight excluding hydrogens is 1230 g/mol. The molecular formula is C70H67F6N5O13. The van der Waals surface area contributed by atoms with E-state index in [1.54, 1.807) is 83.1 Å². The van der Waals surface area contributed by atoms with E-state index in [1.165, 1.54) is 123 Å². The van der Waals surface area contributed by atoms with Crippen molar-refractivity contribution in [2.45, 2.75) is 64.8 Å². The maximum Gasteiger partial charge on any atom is 0.416 e. The van der Waals surface area contributed by atoms with Crippen LogP contribution in [-0.4, -0.2) is 130 Å². The molecule has 0 aliphatic carbocycles. The predicted molar refractivity (Wildman–Crippen MR) is 336 cm³/mol. The quantitative estimate of drug-likeness (QED) is 0.0333. The van der Waals surface area contributed by atoms with Gasteiger partial charge in [-0.3, -0.25) is 38.4 Å². The zero-order valence-electron chi connectivity index (χ0n) is 52.9. The minimum Gasteiger partial charge on any atom is -0.465 e. The first-order valence-corrected chi connectivity index (χ1v) is 29.3. The molecule has 8 rings (SSSR count). The summed E-state index contributed by atoms with van der Waals surface area (Å²) in [5, 5.41) is 5.47. The second-order valence-electron chi connectivity index (χ2n) is 21.9. The van der Waals surface area contributed by atoms with Crippen molar-refractivity contribution in [3.05, 3.63) is 212 Å². The molecule has 0 saturated carbocycles. The highest BCUT2D eigenvalue weighted by atomic mass is 19.4. The van der Waals surface area contributed by atoms with Gasteiger partial charge in [-0.15, -0.1) is 0 Å². The summed E-state index contributed by atoms with van der Waals surface area (Å²) >= 11 is 0. The highest BCUT2D eigenvalue weighted by Gasteiger charge is 2.56. The first-order valence-electron chi connectivity index (χ1n) is 29.3. The molecule has 0 unspecified atom stereocenters. The average molecular weight is 1300 g/mol. The van der Waals surface area contributed by atoms with Crippen molar-refractivity contribution in [2.24, 2.45) is 0 Å². The lowest BCUT2D eigenvalue weighted by molar-refractivity contribution is -0.164. The normalized spacial score (nSPS) is 13.4. The minimum absolute atomic E-state index is 0.00631. The summed E-state index contributed by atoms with van der Waals surface area (Å²) in [5.74, 6) is -7.33. The summed E-state index contributed by atoms with van der Waals surface area (Å²) in [5.41, 5.74) is 1.34. The number of likely N-dealkylation sites (N-methyl/N-ethyl adjacent to an activating group) is 1. The third kappa shape index (κ3) is 15.6. The molecule has 94 heavy (non-hydrogen) atoms. The van der Waals surface area contributed by atoms with Crippen molar-refractivity contribution in [3.8, 4) is 22.3 Å². The van der Waals surface area contributed by atoms with E-state index < -0.39 is 95.0 Å². The van der Waals surface area contributed by atoms with Crippen molar-refractivity contribution < 1.29 is 88.4 Å². The Kier molecular flexibility index (Phi) is 22.4. The maximum atomic E-state index is 13.7. The topological polar surface area (TPSA) is 224 Å². The molecule has 1 aliphatic rings. The molecule has 24 heteroatoms. The number of alkyl halides is 6. The van der Waals surface area contributed by atoms with Crippen LogP contribution in [0.25, 0.3) is 22.3 Å². The summed E-state index contributed by atoms with van der Waals surface area (Å²) < 4.78 is 100.0. The van der Waals surface area contributed by atoms with E-state index in [4.69, 9.17) is 18.9 Å². The number of anilines is 2. The first-order chi connectivity index (χ1) is 44.4. The van der Waals surface area contributed by atoms with E-state index in [2.05, 4.69) is 10.6 Å². The van der Waals surface area contributed by atoms with Gasteiger partial charge < -0.3 is 44.3 Å². The second-order valence-corrected chi connectivity index (χ2v) is 21.9. The van der Waals surface area contributed by atoms with Crippen molar-refractivity contribution in [2.75, 3.05) is 72.3 Å². The Labute approximate surface area is 537 Å². The fraction of sp³-hybridized carbons (Fsp3) is 0.271. The zero-order chi connectivity index (χ0) is 69.1. The number of carbonyl (C=O) groups excluding carboxylic acids is 9. The highest BCUT2D eigenvalue weighted by Crippen LogP contribution is 2.41. The van der Waals surface area contributed by atoms with Crippen LogP contribution >= 0.6 is 0 Å². The molecule has 0 bridgehead atoms. The molecule has 2 N–H and O–H groups in total. The molecule has 7 aromatic carbocycles. The minimum atomic E-state index is -4.52. The Hall–Kier alpha value is -10.7. The van der Waals surface area contributed by atoms with Gasteiger partial charge in [0, 0.05) is 57.5 Å². The number of nitrogens with one attached hydrogen (secondary N) is 2. The SMILES string of the molecule is CCOC(=O)C(C(=O)OCC)c1ccc(NC(=O)c2cccc(C)c2-c2ccc(C(F)(F)F)cc2)c(C(=O)N(C)C)c1.CCOC(=O)[C@]1(COC(=O)Cc2ccc(NC(=O)c3cccc(C)c3-c3ccc(C(F)(F)F)cc3)c(C(=O)N(C)C)c2)c2ccccc2C(=O)N1C. The highest BCUT2D eigenvalue weighted by molar-refractivity contribution is 6.14. The summed E-state index contributed by atoms with van der Waals surface area (Å²) in [4.78, 5) is 122. The molecule has 18 nitrogen and oxygen atoms in total. The van der Waals surface area contributed by atoms with Crippen molar-refractivity contribution in [3.63, 3.8) is 0 Å². The third-order valence-electron chi connectivity index (χ3n) is 15.2. The second kappa shape index (κ2) is 29.7. The number of esters is 4. The Morgan fingerprint density at radius 1 is 0.532 bits per heavy atom. The van der Waals surface area contributed by atoms with Gasteiger partial charge in [-0.25, -0.2) is 4.79 Å². The molecule has 1 atom stereocenters. The van der Waals surface area contributed by atoms with Gasteiger partial charge in [0.1, 0.15) is 6.61 Å². The van der Waals surface area contributed by atoms with Gasteiger partial charge in [-0.1, -0.05) is 78.9 Å². The van der Waals surface area contributed by atoms with Crippen molar-refractivity contribution in [1.82, 2.24) is 14.7 Å². The predicted octanol–water partition coefficient (Wildman–Crippen LogP) is 12.1. The van der Waals surface area contributed by atoms with Crippen LogP contribution in [-0.2, 0) is 62.4 Å². The van der Waals surface area contributed by atoms with Gasteiger partial charge in [0.2, 0.25) is 5.54 Å². The Morgan fingerprint density at radius 2 is 0.979 bits per heavy atom. The fourth-order valence-electron chi connectivity index (χ4n) is 10.5. The van der Waals surface area contributed by atoms with Crippen LogP contribution in [0.4, 0.5) is 37.7 Å². The van der Waals surface area contributed by atoms with Gasteiger partial charge >= 0.3 is 36.2 Å². The first kappa shape index (κ1) is 70.8. The van der Waals surface area contributed by atoms with Crippen LogP contribution in [0.5, 0.6) is 0 Å². The summed E-state index contributed by atoms with van der Waals surface area (Å²) in [6.07, 6.45) is -9.35. The number of halogens is 6. The van der Waals surface area contributed by atoms with Gasteiger partial charge in [0.15, 0.2) is 5.92 Å². The number of fused-ring (bicyclic) bond motifs is 1. The third-order valence-corrected chi connectivity index (χ3v) is 15.2. The fourth-order valence-corrected chi connectivity index (χ4v) is 10.5. The maximum absolute atomic E-state index is 13.7. The van der Waals surface area contributed by atoms with Crippen LogP contribution in [0.15, 0.2) is 146 Å². The molecule has 5 amide bonds. The van der Waals surface area contributed by atoms with Gasteiger partial charge in [-0.2, -0.15) is 26.3 Å². The van der Waals surface area contributed by atoms with Crippen molar-refractivity contribution >= 4 is 64.8 Å². The van der Waals surface area contributed by atoms with Crippen LogP contribution in [0, 0.1) is 13.8 Å². The van der Waals surface area contributed by atoms with E-state index >= 15 is 0 Å². The molecule has 0 spiro atoms. The standard InChI is InChI=1S/C39H36F3N3O7.C31H31F3N2O6/c1-6-51-37(50)38(30-13-8-7-11-27(30)36(49)45(38)5)22-52-32(46)21-24-14-19-31(29(20-24)35(48)44(3)4)43-34(47)28-12-9-10-23(2)33(28)25-15-17-26(18-16-25)39(40,41)42;1-6-41-29(39)26(30(40)42-7-2)20-13-16-24(23(17-20)28(38)36(4)5)35-27(37)22-10-8-9-18(3)25(22)19-11-14-21(15-12-19)31(32,33)34/h7-20H,6,21-22H2,1-5H3,(H,43,47);8-17,26H,6-7H2,1-5H3,(H,35,37)/t38-;/m0./s1. The van der Waals surface area contributed by atoms with E-state index in [-0.39, 0.29) is 71.0 Å². The smallest absolute Gasteiger partial charge is 0.416 e. The van der Waals surface area contributed by atoms with E-state index in [0.717, 1.165) is 24.3 Å². The Morgan fingerprint density at radius 3 is 1.43 bits per heavy atom. The van der Waals surface area contributed by atoms with Gasteiger partial charge in [0.25, 0.3) is 29.5 Å². The number of ether oxygens (including phenoxy) is 4. The van der Waals surface area contributed by atoms with E-state index in [0.29, 0.717) is 44.5 Å². The molecule has 492 valence electrons. The summed E-state index contributed by atoms with van der Waals surface area (Å²) in [6.45, 7) is 7.81. The number of nitrogens with zero attached hydrogens (tertiary/aromatic N) is 3. The molecule has 0 saturated heterocycles. The Bertz CT molecular complexity index is 4040. The summed E-state index contributed by atoms with van der Waals surface area (Å²) in [6, 6.07) is 33.8. The largest absolute Gasteiger partial charge is 0.465 e. The number of benzene rings is 7. The molecule has 0 fully saturated rings. The van der Waals surface area contributed by atoms with Crippen molar-refractivity contribution in [1.29, 1.82) is 0 Å². The van der Waals surface area contributed by atoms with Crippen LogP contribution in [0.2, 0.25) is 0 Å². The van der Waals surface area contributed by atoms with E-state index in [1.807, 2.05) is 0 Å². The lowest BCUT2D eigenvalue weighted by atomic mass is 9.90. The van der Waals surface area contributed by atoms with Crippen LogP contribution in [0.3, 0.4) is 0 Å². The number of amides is 5. The molecule has 1 aliphatic heterocycles. The molecule has 7 aromatic rings. The average Bonchev–Trinajstić information content (AvgIpc) is 1.57. The van der Waals surface area contributed by atoms with Crippen LogP contribution < -0.4 is 10.6 Å². The van der Waals surface area contributed by atoms with Gasteiger partial charge in [-0.05, 0) is 146 Å². The van der Waals surface area contributed by atoms with Gasteiger partial charge in [0.05, 0.1) is 59.9 Å². The van der Waals surface area contributed by atoms with Crippen LogP contribution in [0.1, 0.15) is 117 Å². The van der Waals surface area contributed by atoms with E-state index in [9.17, 15) is 69.5 Å². The molecule has 0 aromatic heterocycles. The number of hydrogen-bond acceptors (Lipinski definition) is 13. The number of rotatable bonds is 19. The zero-order valence-corrected chi connectivity index (χ0v) is 52.9. The number of aryl methyl sites for hydroxylation is 2. The monoisotopic (exact) mass is 1300 g/mol. The summed E-state index contributed by atoms with van der Waals surface area (Å²) in [7, 11) is 7.47. The number of hydrogen-bond donors (Lipinski definition) is 2.